The topological polar surface area (TPSA) is 43.3 Å². The molecule has 1 heterocycles. The first-order valence-electron chi connectivity index (χ1n) is 7.53. The standard InChI is InChI=1S/C17H18BrF3N2O2/c1-5-23-13(17(19,20)21)8-11(18)15(16(23)24)22-14-9(2)6-7-12(25-4)10(14)3/h6-8,22H,5H2,1-4H3. The van der Waals surface area contributed by atoms with Gasteiger partial charge in [-0.1, -0.05) is 6.07 Å². The zero-order chi connectivity index (χ0) is 18.9. The highest BCUT2D eigenvalue weighted by Gasteiger charge is 2.35. The normalized spacial score (nSPS) is 11.5. The van der Waals surface area contributed by atoms with E-state index in [2.05, 4.69) is 21.2 Å². The van der Waals surface area contributed by atoms with Crippen LogP contribution in [0.15, 0.2) is 27.5 Å². The average molecular weight is 419 g/mol. The number of aromatic nitrogens is 1. The number of hydrogen-bond acceptors (Lipinski definition) is 3. The van der Waals surface area contributed by atoms with Crippen LogP contribution >= 0.6 is 15.9 Å². The van der Waals surface area contributed by atoms with Crippen molar-refractivity contribution in [3.8, 4) is 5.75 Å². The molecule has 1 aromatic carbocycles. The molecule has 1 N–H and O–H groups in total. The molecule has 0 saturated heterocycles. The van der Waals surface area contributed by atoms with Crippen LogP contribution in [0.1, 0.15) is 23.7 Å². The number of nitrogens with zero attached hydrogens (tertiary/aromatic N) is 1. The minimum Gasteiger partial charge on any atom is -0.496 e. The fourth-order valence-electron chi connectivity index (χ4n) is 2.65. The van der Waals surface area contributed by atoms with E-state index >= 15 is 0 Å². The third-order valence-corrected chi connectivity index (χ3v) is 4.58. The number of benzene rings is 1. The van der Waals surface area contributed by atoms with E-state index in [1.54, 1.807) is 6.07 Å². The molecule has 0 amide bonds. The fourth-order valence-corrected chi connectivity index (χ4v) is 3.13. The van der Waals surface area contributed by atoms with Crippen LogP contribution in [0.2, 0.25) is 0 Å². The lowest BCUT2D eigenvalue weighted by Crippen LogP contribution is -2.29. The van der Waals surface area contributed by atoms with Crippen LogP contribution in [0.5, 0.6) is 5.75 Å². The summed E-state index contributed by atoms with van der Waals surface area (Å²) in [5, 5.41) is 2.98. The monoisotopic (exact) mass is 418 g/mol. The molecule has 8 heteroatoms. The van der Waals surface area contributed by atoms with Crippen LogP contribution in [0.3, 0.4) is 0 Å². The van der Waals surface area contributed by atoms with Gasteiger partial charge >= 0.3 is 6.18 Å². The highest BCUT2D eigenvalue weighted by atomic mass is 79.9. The Balaban J connectivity index is 2.65. The SMILES string of the molecule is CCn1c(C(F)(F)F)cc(Br)c(Nc2c(C)ccc(OC)c2C)c1=O. The van der Waals surface area contributed by atoms with Crippen LogP contribution in [0.25, 0.3) is 0 Å². The van der Waals surface area contributed by atoms with Gasteiger partial charge in [-0.2, -0.15) is 13.2 Å². The summed E-state index contributed by atoms with van der Waals surface area (Å²) >= 11 is 3.09. The molecule has 0 fully saturated rings. The number of nitrogens with one attached hydrogen (secondary N) is 1. The highest BCUT2D eigenvalue weighted by Crippen LogP contribution is 2.35. The molecular weight excluding hydrogens is 401 g/mol. The molecule has 4 nitrogen and oxygen atoms in total. The maximum absolute atomic E-state index is 13.2. The van der Waals surface area contributed by atoms with Crippen molar-refractivity contribution in [3.63, 3.8) is 0 Å². The van der Waals surface area contributed by atoms with Crippen molar-refractivity contribution in [2.45, 2.75) is 33.5 Å². The minimum absolute atomic E-state index is 0.0503. The number of pyridine rings is 1. The zero-order valence-corrected chi connectivity index (χ0v) is 15.8. The molecule has 2 rings (SSSR count). The molecule has 0 saturated carbocycles. The van der Waals surface area contributed by atoms with E-state index < -0.39 is 17.4 Å². The molecule has 0 aliphatic rings. The number of halogens is 4. The molecular formula is C17H18BrF3N2O2. The van der Waals surface area contributed by atoms with E-state index in [-0.39, 0.29) is 16.7 Å². The number of aryl methyl sites for hydroxylation is 1. The Bertz CT molecular complexity index is 860. The van der Waals surface area contributed by atoms with Crippen molar-refractivity contribution in [3.05, 3.63) is 49.8 Å². The van der Waals surface area contributed by atoms with E-state index in [1.165, 1.54) is 14.0 Å². The lowest BCUT2D eigenvalue weighted by molar-refractivity contribution is -0.144. The second-order valence-electron chi connectivity index (χ2n) is 5.51. The molecule has 0 aliphatic carbocycles. The van der Waals surface area contributed by atoms with E-state index in [0.717, 1.165) is 17.2 Å². The Morgan fingerprint density at radius 2 is 1.88 bits per heavy atom. The van der Waals surface area contributed by atoms with E-state index in [9.17, 15) is 18.0 Å². The summed E-state index contributed by atoms with van der Waals surface area (Å²) in [4.78, 5) is 12.6. The Hall–Kier alpha value is -1.96. The number of alkyl halides is 3. The fraction of sp³-hybridized carbons (Fsp3) is 0.353. The van der Waals surface area contributed by atoms with Crippen LogP contribution in [0, 0.1) is 13.8 Å². The lowest BCUT2D eigenvalue weighted by atomic mass is 10.1. The third-order valence-electron chi connectivity index (χ3n) is 3.95. The van der Waals surface area contributed by atoms with Gasteiger partial charge < -0.3 is 14.6 Å². The third kappa shape index (κ3) is 3.68. The Morgan fingerprint density at radius 1 is 1.24 bits per heavy atom. The van der Waals surface area contributed by atoms with Gasteiger partial charge in [-0.05, 0) is 54.4 Å². The van der Waals surface area contributed by atoms with Gasteiger partial charge in [0.25, 0.3) is 5.56 Å². The van der Waals surface area contributed by atoms with Crippen molar-refractivity contribution < 1.29 is 17.9 Å². The van der Waals surface area contributed by atoms with Gasteiger partial charge in [0.15, 0.2) is 0 Å². The maximum atomic E-state index is 13.2. The Morgan fingerprint density at radius 3 is 2.40 bits per heavy atom. The molecule has 25 heavy (non-hydrogen) atoms. The first-order chi connectivity index (χ1) is 11.6. The van der Waals surface area contributed by atoms with Gasteiger partial charge in [0.1, 0.15) is 17.1 Å². The van der Waals surface area contributed by atoms with Crippen LogP contribution in [-0.2, 0) is 12.7 Å². The van der Waals surface area contributed by atoms with Crippen molar-refractivity contribution >= 4 is 27.3 Å². The molecule has 0 unspecified atom stereocenters. The summed E-state index contributed by atoms with van der Waals surface area (Å²) in [6.07, 6.45) is -4.61. The molecule has 2 aromatic rings. The Kier molecular flexibility index (Phi) is 5.51. The maximum Gasteiger partial charge on any atom is 0.431 e. The van der Waals surface area contributed by atoms with Gasteiger partial charge in [-0.25, -0.2) is 0 Å². The van der Waals surface area contributed by atoms with E-state index in [0.29, 0.717) is 16.0 Å². The molecule has 1 aromatic heterocycles. The number of ether oxygens (including phenoxy) is 1. The predicted molar refractivity (Wildman–Crippen MR) is 94.8 cm³/mol. The first-order valence-corrected chi connectivity index (χ1v) is 8.32. The smallest absolute Gasteiger partial charge is 0.431 e. The largest absolute Gasteiger partial charge is 0.496 e. The molecule has 0 bridgehead atoms. The first kappa shape index (κ1) is 19.4. The molecule has 136 valence electrons. The Labute approximate surface area is 151 Å². The quantitative estimate of drug-likeness (QED) is 0.757. The zero-order valence-electron chi connectivity index (χ0n) is 14.2. The average Bonchev–Trinajstić information content (AvgIpc) is 2.52. The number of rotatable bonds is 4. The van der Waals surface area contributed by atoms with Crippen LogP contribution in [-0.4, -0.2) is 11.7 Å². The van der Waals surface area contributed by atoms with Crippen molar-refractivity contribution in [2.24, 2.45) is 0 Å². The van der Waals surface area contributed by atoms with Gasteiger partial charge in [0.2, 0.25) is 0 Å². The predicted octanol–water partition coefficient (Wildman–Crippen LogP) is 5.02. The summed E-state index contributed by atoms with van der Waals surface area (Å²) in [6.45, 7) is 5.05. The molecule has 0 atom stereocenters. The summed E-state index contributed by atoms with van der Waals surface area (Å²) < 4.78 is 45.5. The van der Waals surface area contributed by atoms with Crippen molar-refractivity contribution in [1.29, 1.82) is 0 Å². The molecule has 0 radical (unpaired) electrons. The second kappa shape index (κ2) is 7.11. The summed E-state index contributed by atoms with van der Waals surface area (Å²) in [5.41, 5.74) is 0.542. The van der Waals surface area contributed by atoms with Gasteiger partial charge in [0.05, 0.1) is 7.11 Å². The highest BCUT2D eigenvalue weighted by molar-refractivity contribution is 9.10. The molecule has 0 aliphatic heterocycles. The minimum atomic E-state index is -4.61. The van der Waals surface area contributed by atoms with Gasteiger partial charge in [-0.15, -0.1) is 0 Å². The lowest BCUT2D eigenvalue weighted by Gasteiger charge is -2.19. The number of anilines is 2. The van der Waals surface area contributed by atoms with Crippen molar-refractivity contribution in [1.82, 2.24) is 4.57 Å². The second-order valence-corrected chi connectivity index (χ2v) is 6.36. The van der Waals surface area contributed by atoms with Crippen molar-refractivity contribution in [2.75, 3.05) is 12.4 Å². The van der Waals surface area contributed by atoms with Gasteiger partial charge in [0, 0.05) is 22.3 Å². The summed E-state index contributed by atoms with van der Waals surface area (Å²) in [6, 6.07) is 4.52. The van der Waals surface area contributed by atoms with Crippen LogP contribution < -0.4 is 15.6 Å². The molecule has 0 spiro atoms. The summed E-state index contributed by atoms with van der Waals surface area (Å²) in [7, 11) is 1.53. The van der Waals surface area contributed by atoms with Gasteiger partial charge in [-0.3, -0.25) is 4.79 Å². The van der Waals surface area contributed by atoms with Crippen LogP contribution in [0.4, 0.5) is 24.5 Å². The number of methoxy groups -OCH3 is 1. The van der Waals surface area contributed by atoms with E-state index in [4.69, 9.17) is 4.74 Å². The number of hydrogen-bond donors (Lipinski definition) is 1. The summed E-state index contributed by atoms with van der Waals surface area (Å²) in [5.74, 6) is 0.618. The van der Waals surface area contributed by atoms with E-state index in [1.807, 2.05) is 19.9 Å².